The molecule has 1 N–H and O–H groups in total. The van der Waals surface area contributed by atoms with Gasteiger partial charge in [-0.05, 0) is 56.6 Å². The topological polar surface area (TPSA) is 69.7 Å². The van der Waals surface area contributed by atoms with E-state index >= 15 is 0 Å². The summed E-state index contributed by atoms with van der Waals surface area (Å²) in [6, 6.07) is 6.28. The van der Waals surface area contributed by atoms with Gasteiger partial charge in [0.15, 0.2) is 0 Å². The molecule has 2 saturated heterocycles. The summed E-state index contributed by atoms with van der Waals surface area (Å²) < 4.78 is 13.7. The van der Waals surface area contributed by atoms with E-state index in [-0.39, 0.29) is 41.4 Å². The summed E-state index contributed by atoms with van der Waals surface area (Å²) in [5.41, 5.74) is 0.597. The molecule has 1 atom stereocenters. The van der Waals surface area contributed by atoms with Crippen LogP contribution in [0.1, 0.15) is 44.1 Å². The Kier molecular flexibility index (Phi) is 6.35. The monoisotopic (exact) mass is 415 g/mol. The van der Waals surface area contributed by atoms with Crippen LogP contribution in [0, 0.1) is 17.7 Å². The molecule has 0 radical (unpaired) electrons. The molecule has 7 heteroatoms. The summed E-state index contributed by atoms with van der Waals surface area (Å²) in [6.07, 6.45) is 5.24. The molecule has 3 amide bonds. The van der Waals surface area contributed by atoms with Crippen molar-refractivity contribution in [3.63, 3.8) is 0 Å². The third-order valence-electron chi connectivity index (χ3n) is 6.58. The number of nitrogens with zero attached hydrogens (tertiary/aromatic N) is 2. The quantitative estimate of drug-likeness (QED) is 0.774. The molecule has 4 rings (SSSR count). The van der Waals surface area contributed by atoms with E-state index in [0.717, 1.165) is 25.7 Å². The molecule has 1 saturated carbocycles. The maximum atomic E-state index is 13.7. The average Bonchev–Trinajstić information content (AvgIpc) is 3.50. The fraction of sp³-hybridized carbons (Fsp3) is 0.609. The van der Waals surface area contributed by atoms with Crippen molar-refractivity contribution in [1.29, 1.82) is 0 Å². The predicted molar refractivity (Wildman–Crippen MR) is 110 cm³/mol. The lowest BCUT2D eigenvalue weighted by Gasteiger charge is -2.35. The highest BCUT2D eigenvalue weighted by Gasteiger charge is 2.42. The fourth-order valence-electron chi connectivity index (χ4n) is 4.59. The molecule has 0 spiro atoms. The first kappa shape index (κ1) is 20.8. The average molecular weight is 416 g/mol. The van der Waals surface area contributed by atoms with E-state index in [1.54, 1.807) is 23.1 Å². The van der Waals surface area contributed by atoms with Gasteiger partial charge >= 0.3 is 0 Å². The predicted octanol–water partition coefficient (Wildman–Crippen LogP) is 2.12. The van der Waals surface area contributed by atoms with Crippen LogP contribution in [0.3, 0.4) is 0 Å². The Morgan fingerprint density at radius 2 is 1.67 bits per heavy atom. The van der Waals surface area contributed by atoms with Gasteiger partial charge in [-0.15, -0.1) is 0 Å². The van der Waals surface area contributed by atoms with Gasteiger partial charge in [0.25, 0.3) is 0 Å². The van der Waals surface area contributed by atoms with Crippen LogP contribution in [-0.2, 0) is 20.8 Å². The summed E-state index contributed by atoms with van der Waals surface area (Å²) in [6.45, 7) is 2.18. The smallest absolute Gasteiger partial charge is 0.245 e. The summed E-state index contributed by atoms with van der Waals surface area (Å²) in [5, 5.41) is 2.91. The maximum Gasteiger partial charge on any atom is 0.245 e. The molecule has 3 aliphatic rings. The lowest BCUT2D eigenvalue weighted by Crippen LogP contribution is -2.51. The molecule has 3 fully saturated rings. The molecular formula is C23H30FN3O3. The zero-order valence-corrected chi connectivity index (χ0v) is 17.3. The van der Waals surface area contributed by atoms with Crippen molar-refractivity contribution in [2.45, 2.75) is 51.0 Å². The van der Waals surface area contributed by atoms with Crippen molar-refractivity contribution in [1.82, 2.24) is 15.1 Å². The molecule has 0 aromatic heterocycles. The molecule has 1 aromatic carbocycles. The van der Waals surface area contributed by atoms with Crippen molar-refractivity contribution in [3.05, 3.63) is 35.6 Å². The molecule has 1 aromatic rings. The van der Waals surface area contributed by atoms with Crippen molar-refractivity contribution < 1.29 is 18.8 Å². The number of hydrogen-bond donors (Lipinski definition) is 1. The third kappa shape index (κ3) is 4.65. The van der Waals surface area contributed by atoms with Crippen molar-refractivity contribution in [2.24, 2.45) is 11.8 Å². The number of benzene rings is 1. The van der Waals surface area contributed by atoms with Crippen LogP contribution in [0.4, 0.5) is 4.39 Å². The van der Waals surface area contributed by atoms with Crippen molar-refractivity contribution in [3.8, 4) is 0 Å². The number of hydrogen-bond acceptors (Lipinski definition) is 3. The van der Waals surface area contributed by atoms with Gasteiger partial charge in [-0.25, -0.2) is 4.39 Å². The van der Waals surface area contributed by atoms with Gasteiger partial charge in [0.05, 0.1) is 0 Å². The molecule has 1 aliphatic carbocycles. The van der Waals surface area contributed by atoms with Crippen LogP contribution in [-0.4, -0.2) is 59.7 Å². The minimum Gasteiger partial charge on any atom is -0.356 e. The summed E-state index contributed by atoms with van der Waals surface area (Å²) in [5.74, 6) is -0.0703. The first-order chi connectivity index (χ1) is 14.5. The van der Waals surface area contributed by atoms with Gasteiger partial charge in [-0.2, -0.15) is 0 Å². The highest BCUT2D eigenvalue weighted by Crippen LogP contribution is 2.34. The Hall–Kier alpha value is -2.44. The zero-order chi connectivity index (χ0) is 21.1. The number of rotatable bonds is 6. The van der Waals surface area contributed by atoms with Gasteiger partial charge < -0.3 is 15.1 Å². The van der Waals surface area contributed by atoms with Gasteiger partial charge in [0, 0.05) is 38.0 Å². The van der Waals surface area contributed by atoms with Gasteiger partial charge in [0.2, 0.25) is 17.7 Å². The van der Waals surface area contributed by atoms with E-state index < -0.39 is 0 Å². The van der Waals surface area contributed by atoms with Crippen molar-refractivity contribution >= 4 is 17.7 Å². The highest BCUT2D eigenvalue weighted by molar-refractivity contribution is 5.90. The van der Waals surface area contributed by atoms with E-state index in [9.17, 15) is 18.8 Å². The minimum absolute atomic E-state index is 0.0233. The summed E-state index contributed by atoms with van der Waals surface area (Å²) in [4.78, 5) is 41.5. The molecule has 30 heavy (non-hydrogen) atoms. The minimum atomic E-state index is -0.316. The van der Waals surface area contributed by atoms with Gasteiger partial charge in [-0.1, -0.05) is 18.2 Å². The second-order valence-electron chi connectivity index (χ2n) is 8.70. The zero-order valence-electron chi connectivity index (χ0n) is 17.3. The molecule has 2 heterocycles. The van der Waals surface area contributed by atoms with Gasteiger partial charge in [0.1, 0.15) is 11.9 Å². The van der Waals surface area contributed by atoms with Crippen LogP contribution in [0.25, 0.3) is 0 Å². The second-order valence-corrected chi connectivity index (χ2v) is 8.70. The molecule has 6 nitrogen and oxygen atoms in total. The Morgan fingerprint density at radius 1 is 0.933 bits per heavy atom. The third-order valence-corrected chi connectivity index (χ3v) is 6.58. The Morgan fingerprint density at radius 3 is 2.37 bits per heavy atom. The highest BCUT2D eigenvalue weighted by atomic mass is 19.1. The van der Waals surface area contributed by atoms with Crippen LogP contribution in [0.15, 0.2) is 24.3 Å². The number of halogens is 1. The Labute approximate surface area is 176 Å². The number of nitrogens with one attached hydrogen (secondary N) is 1. The number of amides is 3. The van der Waals surface area contributed by atoms with E-state index in [4.69, 9.17) is 0 Å². The SMILES string of the molecule is O=C(NCCc1ccccc1F)C1CCN(C(=O)C2CCCN2C(=O)C2CC2)CC1. The normalized spacial score (nSPS) is 22.2. The number of carbonyl (C=O) groups excluding carboxylic acids is 3. The Balaban J connectivity index is 1.22. The van der Waals surface area contributed by atoms with E-state index in [1.807, 2.05) is 4.90 Å². The maximum absolute atomic E-state index is 13.7. The summed E-state index contributed by atoms with van der Waals surface area (Å²) >= 11 is 0. The van der Waals surface area contributed by atoms with E-state index in [2.05, 4.69) is 5.32 Å². The fourth-order valence-corrected chi connectivity index (χ4v) is 4.59. The van der Waals surface area contributed by atoms with Crippen LogP contribution in [0.2, 0.25) is 0 Å². The molecule has 1 unspecified atom stereocenters. The molecular weight excluding hydrogens is 385 g/mol. The van der Waals surface area contributed by atoms with Gasteiger partial charge in [-0.3, -0.25) is 14.4 Å². The van der Waals surface area contributed by atoms with Crippen LogP contribution >= 0.6 is 0 Å². The first-order valence-corrected chi connectivity index (χ1v) is 11.1. The lowest BCUT2D eigenvalue weighted by atomic mass is 9.95. The molecule has 0 bridgehead atoms. The van der Waals surface area contributed by atoms with Crippen LogP contribution in [0.5, 0.6) is 0 Å². The van der Waals surface area contributed by atoms with E-state index in [1.165, 1.54) is 6.07 Å². The number of piperidine rings is 1. The molecule has 2 aliphatic heterocycles. The Bertz CT molecular complexity index is 803. The standard InChI is InChI=1S/C23H30FN3O3/c24-19-5-2-1-4-16(19)9-12-25-21(28)17-10-14-26(15-11-17)23(30)20-6-3-13-27(20)22(29)18-7-8-18/h1-2,4-5,17-18,20H,3,6-15H2,(H,25,28). The van der Waals surface area contributed by atoms with Crippen LogP contribution < -0.4 is 5.32 Å². The lowest BCUT2D eigenvalue weighted by molar-refractivity contribution is -0.146. The first-order valence-electron chi connectivity index (χ1n) is 11.1. The molecule has 162 valence electrons. The number of carbonyl (C=O) groups is 3. The van der Waals surface area contributed by atoms with E-state index in [0.29, 0.717) is 51.0 Å². The number of likely N-dealkylation sites (tertiary alicyclic amines) is 2. The summed E-state index contributed by atoms with van der Waals surface area (Å²) in [7, 11) is 0. The largest absolute Gasteiger partial charge is 0.356 e. The van der Waals surface area contributed by atoms with Crippen molar-refractivity contribution in [2.75, 3.05) is 26.2 Å². The second kappa shape index (κ2) is 9.14.